The van der Waals surface area contributed by atoms with Crippen LogP contribution in [0.5, 0.6) is 5.75 Å². The average Bonchev–Trinajstić information content (AvgIpc) is 3.29. The number of alkyl halides is 3. The Bertz CT molecular complexity index is 1330. The number of sulfonamides is 1. The highest BCUT2D eigenvalue weighted by atomic mass is 32.2. The molecule has 0 saturated heterocycles. The third-order valence-corrected chi connectivity index (χ3v) is 7.54. The first-order valence-electron chi connectivity index (χ1n) is 9.96. The molecule has 0 bridgehead atoms. The molecule has 180 valence electrons. The largest absolute Gasteiger partial charge is 0.496 e. The van der Waals surface area contributed by atoms with Gasteiger partial charge < -0.3 is 9.64 Å². The third kappa shape index (κ3) is 4.57. The van der Waals surface area contributed by atoms with Gasteiger partial charge in [0.15, 0.2) is 0 Å². The van der Waals surface area contributed by atoms with E-state index in [1.54, 1.807) is 6.07 Å². The summed E-state index contributed by atoms with van der Waals surface area (Å²) in [6.07, 6.45) is -2.95. The number of anilines is 1. The normalized spacial score (nSPS) is 16.1. The summed E-state index contributed by atoms with van der Waals surface area (Å²) in [5.74, 6) is -0.291. The number of carbonyl (C=O) groups excluding carboxylic acids is 1. The molecule has 2 aromatic carbocycles. The van der Waals surface area contributed by atoms with Gasteiger partial charge in [-0.2, -0.15) is 17.5 Å². The maximum Gasteiger partial charge on any atom is 0.416 e. The van der Waals surface area contributed by atoms with Crippen LogP contribution in [0.25, 0.3) is 0 Å². The molecule has 1 aromatic heterocycles. The van der Waals surface area contributed by atoms with E-state index in [1.165, 1.54) is 43.5 Å². The summed E-state index contributed by atoms with van der Waals surface area (Å²) in [4.78, 5) is 17.8. The van der Waals surface area contributed by atoms with E-state index in [2.05, 4.69) is 14.1 Å². The van der Waals surface area contributed by atoms with Crippen molar-refractivity contribution in [1.82, 2.24) is 14.3 Å². The number of aromatic nitrogens is 2. The number of ether oxygens (including phenoxy) is 1. The number of carbonyl (C=O) groups is 1. The van der Waals surface area contributed by atoms with E-state index < -0.39 is 27.8 Å². The van der Waals surface area contributed by atoms with Crippen LogP contribution in [0.2, 0.25) is 0 Å². The minimum atomic E-state index is -4.56. The number of nitrogens with zero attached hydrogens (tertiary/aromatic N) is 3. The van der Waals surface area contributed by atoms with Crippen LogP contribution in [0.15, 0.2) is 47.6 Å². The zero-order chi connectivity index (χ0) is 24.7. The van der Waals surface area contributed by atoms with Crippen LogP contribution in [-0.2, 0) is 27.4 Å². The molecule has 13 heteroatoms. The maximum absolute atomic E-state index is 13.2. The number of fused-ring (bicyclic) bond motifs is 1. The topological polar surface area (TPSA) is 101 Å². The van der Waals surface area contributed by atoms with E-state index in [9.17, 15) is 26.4 Å². The quantitative estimate of drug-likeness (QED) is 0.557. The first-order valence-corrected chi connectivity index (χ1v) is 12.2. The minimum absolute atomic E-state index is 0.00383. The molecule has 1 atom stereocenters. The Balaban J connectivity index is 1.79. The highest BCUT2D eigenvalue weighted by Gasteiger charge is 2.36. The van der Waals surface area contributed by atoms with Crippen LogP contribution < -0.4 is 9.46 Å². The lowest BCUT2D eigenvalue weighted by Crippen LogP contribution is -2.39. The first-order chi connectivity index (χ1) is 16.0. The molecule has 0 radical (unpaired) electrons. The van der Waals surface area contributed by atoms with Gasteiger partial charge in [-0.15, -0.1) is 0 Å². The fraction of sp³-hybridized carbons (Fsp3) is 0.286. The van der Waals surface area contributed by atoms with E-state index in [-0.39, 0.29) is 28.2 Å². The lowest BCUT2D eigenvalue weighted by Gasteiger charge is -2.38. The molecule has 1 N–H and O–H groups in total. The fourth-order valence-electron chi connectivity index (χ4n) is 3.95. The van der Waals surface area contributed by atoms with Gasteiger partial charge >= 0.3 is 6.18 Å². The van der Waals surface area contributed by atoms with Gasteiger partial charge in [-0.05, 0) is 41.8 Å². The highest BCUT2D eigenvalue weighted by Crippen LogP contribution is 2.42. The van der Waals surface area contributed by atoms with Crippen molar-refractivity contribution in [3.8, 4) is 5.75 Å². The summed E-state index contributed by atoms with van der Waals surface area (Å²) in [7, 11) is -2.68. The Morgan fingerprint density at radius 1 is 1.21 bits per heavy atom. The minimum Gasteiger partial charge on any atom is -0.496 e. The number of amides is 1. The monoisotopic (exact) mass is 512 g/mol. The second kappa shape index (κ2) is 8.87. The summed E-state index contributed by atoms with van der Waals surface area (Å²) in [5, 5.41) is 0.118. The first kappa shape index (κ1) is 24.0. The van der Waals surface area contributed by atoms with Crippen molar-refractivity contribution >= 4 is 32.6 Å². The summed E-state index contributed by atoms with van der Waals surface area (Å²) in [6, 6.07) is 6.84. The van der Waals surface area contributed by atoms with Gasteiger partial charge in [0.25, 0.3) is 10.0 Å². The van der Waals surface area contributed by atoms with Crippen molar-refractivity contribution in [3.63, 3.8) is 0 Å². The van der Waals surface area contributed by atoms with E-state index >= 15 is 0 Å². The Morgan fingerprint density at radius 3 is 2.56 bits per heavy atom. The average molecular weight is 513 g/mol. The summed E-state index contributed by atoms with van der Waals surface area (Å²) in [5.41, 5.74) is 0.760. The molecule has 1 aliphatic rings. The Hall–Kier alpha value is -3.19. The van der Waals surface area contributed by atoms with Gasteiger partial charge in [-0.3, -0.25) is 9.52 Å². The second-order valence-electron chi connectivity index (χ2n) is 7.53. The van der Waals surface area contributed by atoms with Crippen molar-refractivity contribution in [2.24, 2.45) is 0 Å². The number of nitrogens with one attached hydrogen (secondary N) is 1. The van der Waals surface area contributed by atoms with Gasteiger partial charge in [0.2, 0.25) is 11.0 Å². The van der Waals surface area contributed by atoms with Gasteiger partial charge in [0.1, 0.15) is 12.1 Å². The molecular formula is C21H19F3N4O4S2. The summed E-state index contributed by atoms with van der Waals surface area (Å²) < 4.78 is 76.6. The molecule has 34 heavy (non-hydrogen) atoms. The molecule has 8 nitrogen and oxygen atoms in total. The lowest BCUT2D eigenvalue weighted by molar-refractivity contribution is -0.137. The smallest absolute Gasteiger partial charge is 0.416 e. The third-order valence-electron chi connectivity index (χ3n) is 5.50. The van der Waals surface area contributed by atoms with E-state index in [0.717, 1.165) is 23.7 Å². The standard InChI is InChI=1S/C21H19F3N4O4S2/c1-12(29)28-8-7-13-9-15(34(30,31)27-20-25-11-26-33-20)4-6-16(13)19(28)17-5-3-14(21(22,23)24)10-18(17)32-2/h3-6,9-11,19H,7-8H2,1-2H3,(H,25,26,27)/t19-/m1/s1. The van der Waals surface area contributed by atoms with Crippen LogP contribution in [0, 0.1) is 0 Å². The van der Waals surface area contributed by atoms with Crippen molar-refractivity contribution in [1.29, 1.82) is 0 Å². The molecule has 3 aromatic rings. The molecule has 0 fully saturated rings. The van der Waals surface area contributed by atoms with Crippen molar-refractivity contribution < 1.29 is 31.1 Å². The lowest BCUT2D eigenvalue weighted by atomic mass is 9.87. The van der Waals surface area contributed by atoms with Gasteiger partial charge in [0.05, 0.1) is 23.6 Å². The van der Waals surface area contributed by atoms with E-state index in [0.29, 0.717) is 23.1 Å². The Morgan fingerprint density at radius 2 is 1.94 bits per heavy atom. The number of hydrogen-bond donors (Lipinski definition) is 1. The fourth-order valence-corrected chi connectivity index (χ4v) is 5.66. The van der Waals surface area contributed by atoms with Gasteiger partial charge in [-0.1, -0.05) is 12.1 Å². The SMILES string of the molecule is COc1cc(C(F)(F)F)ccc1[C@H]1c2ccc(S(=O)(=O)Nc3ncns3)cc2CCN1C(C)=O. The number of benzene rings is 2. The van der Waals surface area contributed by atoms with Crippen LogP contribution in [0.1, 0.15) is 35.2 Å². The number of hydrogen-bond acceptors (Lipinski definition) is 7. The maximum atomic E-state index is 13.2. The van der Waals surface area contributed by atoms with Crippen molar-refractivity contribution in [2.75, 3.05) is 18.4 Å². The van der Waals surface area contributed by atoms with Crippen molar-refractivity contribution in [2.45, 2.75) is 30.5 Å². The van der Waals surface area contributed by atoms with Crippen LogP contribution in [-0.4, -0.2) is 42.2 Å². The predicted molar refractivity (Wildman–Crippen MR) is 118 cm³/mol. The summed E-state index contributed by atoms with van der Waals surface area (Å²) >= 11 is 0.892. The molecule has 0 aliphatic carbocycles. The molecule has 4 rings (SSSR count). The molecule has 0 spiro atoms. The van der Waals surface area contributed by atoms with Gasteiger partial charge in [0, 0.05) is 30.6 Å². The van der Waals surface area contributed by atoms with Crippen LogP contribution in [0.4, 0.5) is 18.3 Å². The number of halogens is 3. The number of rotatable bonds is 5. The molecule has 0 saturated carbocycles. The second-order valence-corrected chi connectivity index (χ2v) is 9.99. The molecule has 1 amide bonds. The van der Waals surface area contributed by atoms with E-state index in [4.69, 9.17) is 4.74 Å². The summed E-state index contributed by atoms with van der Waals surface area (Å²) in [6.45, 7) is 1.63. The zero-order valence-electron chi connectivity index (χ0n) is 18.0. The van der Waals surface area contributed by atoms with Crippen LogP contribution >= 0.6 is 11.5 Å². The molecule has 2 heterocycles. The predicted octanol–water partition coefficient (Wildman–Crippen LogP) is 3.86. The molecule has 1 aliphatic heterocycles. The van der Waals surface area contributed by atoms with Gasteiger partial charge in [-0.25, -0.2) is 13.4 Å². The van der Waals surface area contributed by atoms with Crippen molar-refractivity contribution in [3.05, 3.63) is 65.0 Å². The number of methoxy groups -OCH3 is 1. The highest BCUT2D eigenvalue weighted by molar-refractivity contribution is 7.93. The van der Waals surface area contributed by atoms with Crippen LogP contribution in [0.3, 0.4) is 0 Å². The molecular weight excluding hydrogens is 493 g/mol. The Labute approximate surface area is 197 Å². The Kier molecular flexibility index (Phi) is 6.25. The zero-order valence-corrected chi connectivity index (χ0v) is 19.6. The van der Waals surface area contributed by atoms with E-state index in [1.807, 2.05) is 0 Å². The molecule has 0 unspecified atom stereocenters.